The summed E-state index contributed by atoms with van der Waals surface area (Å²) in [5, 5.41) is 5.91. The van der Waals surface area contributed by atoms with Crippen LogP contribution in [0.25, 0.3) is 11.4 Å². The molecule has 0 aromatic carbocycles. The Kier molecular flexibility index (Phi) is 4.56. The molecule has 1 amide bonds. The first-order valence-electron chi connectivity index (χ1n) is 7.99. The van der Waals surface area contributed by atoms with Crippen LogP contribution in [0.4, 0.5) is 5.13 Å². The van der Waals surface area contributed by atoms with E-state index in [4.69, 9.17) is 0 Å². The van der Waals surface area contributed by atoms with Gasteiger partial charge in [-0.3, -0.25) is 19.1 Å². The van der Waals surface area contributed by atoms with E-state index in [1.54, 1.807) is 23.9 Å². The van der Waals surface area contributed by atoms with Gasteiger partial charge < -0.3 is 5.32 Å². The lowest BCUT2D eigenvalue weighted by atomic mass is 10.1. The molecule has 0 radical (unpaired) electrons. The summed E-state index contributed by atoms with van der Waals surface area (Å²) in [5.74, 6) is 0.134. The Balaban J connectivity index is 1.49. The Morgan fingerprint density at radius 3 is 3.00 bits per heavy atom. The van der Waals surface area contributed by atoms with Crippen molar-refractivity contribution in [3.8, 4) is 11.4 Å². The Morgan fingerprint density at radius 2 is 2.19 bits per heavy atom. The van der Waals surface area contributed by atoms with E-state index in [1.165, 1.54) is 23.1 Å². The van der Waals surface area contributed by atoms with Crippen LogP contribution in [-0.4, -0.2) is 31.2 Å². The van der Waals surface area contributed by atoms with Crippen molar-refractivity contribution in [2.24, 2.45) is 5.92 Å². The maximum atomic E-state index is 12.6. The quantitative estimate of drug-likeness (QED) is 0.697. The zero-order chi connectivity index (χ0) is 18.1. The van der Waals surface area contributed by atoms with E-state index in [9.17, 15) is 9.59 Å². The molecule has 1 atom stereocenters. The van der Waals surface area contributed by atoms with E-state index in [2.05, 4.69) is 20.3 Å². The number of amides is 1. The number of nitrogens with zero attached hydrogens (tertiary/aromatic N) is 4. The number of aryl methyl sites for hydroxylation is 1. The zero-order valence-corrected chi connectivity index (χ0v) is 15.5. The first-order chi connectivity index (χ1) is 12.6. The highest BCUT2D eigenvalue weighted by molar-refractivity contribution is 7.99. The maximum absolute atomic E-state index is 12.6. The van der Waals surface area contributed by atoms with Crippen LogP contribution < -0.4 is 10.9 Å². The van der Waals surface area contributed by atoms with Gasteiger partial charge in [0.25, 0.3) is 5.56 Å². The first kappa shape index (κ1) is 16.9. The zero-order valence-electron chi connectivity index (χ0n) is 13.9. The van der Waals surface area contributed by atoms with Gasteiger partial charge in [-0.1, -0.05) is 17.8 Å². The van der Waals surface area contributed by atoms with Crippen LogP contribution in [0.5, 0.6) is 0 Å². The van der Waals surface area contributed by atoms with Crippen molar-refractivity contribution in [3.05, 3.63) is 51.9 Å². The van der Waals surface area contributed by atoms with Crippen LogP contribution in [0.15, 0.2) is 45.9 Å². The highest BCUT2D eigenvalue weighted by atomic mass is 32.2. The van der Waals surface area contributed by atoms with Gasteiger partial charge in [0.1, 0.15) is 5.69 Å². The molecule has 1 aliphatic heterocycles. The number of pyridine rings is 1. The Labute approximate surface area is 157 Å². The number of rotatable bonds is 3. The van der Waals surface area contributed by atoms with Crippen LogP contribution in [0, 0.1) is 12.8 Å². The average Bonchev–Trinajstić information content (AvgIpc) is 3.14. The molecular formula is C17H15N5O2S2. The van der Waals surface area contributed by atoms with Crippen LogP contribution in [-0.2, 0) is 11.3 Å². The Bertz CT molecular complexity index is 1020. The van der Waals surface area contributed by atoms with Crippen molar-refractivity contribution in [2.75, 3.05) is 11.1 Å². The van der Waals surface area contributed by atoms with Crippen molar-refractivity contribution in [3.63, 3.8) is 0 Å². The molecule has 1 aliphatic rings. The summed E-state index contributed by atoms with van der Waals surface area (Å²) in [7, 11) is 0. The summed E-state index contributed by atoms with van der Waals surface area (Å²) >= 11 is 2.78. The summed E-state index contributed by atoms with van der Waals surface area (Å²) in [5.41, 5.74) is 1.98. The van der Waals surface area contributed by atoms with Gasteiger partial charge >= 0.3 is 0 Å². The first-order valence-corrected chi connectivity index (χ1v) is 9.85. The minimum Gasteiger partial charge on any atom is -0.302 e. The van der Waals surface area contributed by atoms with Gasteiger partial charge in [0.15, 0.2) is 10.3 Å². The standard InChI is InChI=1S/C17H15N5O2S2/c1-10-6-19-17-22(15(10)24)7-11(8-26-17)14(23)21-16-20-13(9-25-16)12-4-2-3-5-18-12/h2-6,9,11H,7-8H2,1H3,(H,20,21,23). The minimum atomic E-state index is -0.309. The van der Waals surface area contributed by atoms with Gasteiger partial charge in [-0.15, -0.1) is 11.3 Å². The van der Waals surface area contributed by atoms with Gasteiger partial charge in [-0.2, -0.15) is 0 Å². The molecule has 4 rings (SSSR count). The summed E-state index contributed by atoms with van der Waals surface area (Å²) in [6, 6.07) is 5.61. The van der Waals surface area contributed by atoms with Crippen molar-refractivity contribution in [1.82, 2.24) is 19.5 Å². The number of hydrogen-bond acceptors (Lipinski definition) is 7. The molecule has 0 spiro atoms. The molecule has 26 heavy (non-hydrogen) atoms. The number of thiazole rings is 1. The summed E-state index contributed by atoms with van der Waals surface area (Å²) in [6.07, 6.45) is 3.29. The average molecular weight is 385 g/mol. The van der Waals surface area contributed by atoms with Gasteiger partial charge in [-0.25, -0.2) is 9.97 Å². The number of carbonyl (C=O) groups excluding carboxylic acids is 1. The summed E-state index contributed by atoms with van der Waals surface area (Å²) in [6.45, 7) is 2.06. The number of hydrogen-bond donors (Lipinski definition) is 1. The second-order valence-electron chi connectivity index (χ2n) is 5.89. The van der Waals surface area contributed by atoms with E-state index in [0.717, 1.165) is 11.4 Å². The predicted octanol–water partition coefficient (Wildman–Crippen LogP) is 2.43. The predicted molar refractivity (Wildman–Crippen MR) is 101 cm³/mol. The topological polar surface area (TPSA) is 89.8 Å². The largest absolute Gasteiger partial charge is 0.302 e. The van der Waals surface area contributed by atoms with Crippen molar-refractivity contribution in [1.29, 1.82) is 0 Å². The molecule has 0 bridgehead atoms. The number of aromatic nitrogens is 4. The minimum absolute atomic E-state index is 0.0910. The van der Waals surface area contributed by atoms with Gasteiger partial charge in [0.05, 0.1) is 11.6 Å². The van der Waals surface area contributed by atoms with Crippen LogP contribution in [0.2, 0.25) is 0 Å². The molecule has 9 heteroatoms. The molecule has 0 aliphatic carbocycles. The van der Waals surface area contributed by atoms with E-state index in [1.807, 2.05) is 23.6 Å². The molecule has 0 saturated carbocycles. The second-order valence-corrected chi connectivity index (χ2v) is 7.73. The smallest absolute Gasteiger partial charge is 0.257 e. The number of thioether (sulfide) groups is 1. The molecule has 0 saturated heterocycles. The lowest BCUT2D eigenvalue weighted by molar-refractivity contribution is -0.119. The second kappa shape index (κ2) is 7.00. The number of anilines is 1. The Morgan fingerprint density at radius 1 is 1.31 bits per heavy atom. The monoisotopic (exact) mass is 385 g/mol. The molecule has 4 heterocycles. The number of fused-ring (bicyclic) bond motifs is 1. The fourth-order valence-corrected chi connectivity index (χ4v) is 4.39. The third kappa shape index (κ3) is 3.27. The molecule has 1 unspecified atom stereocenters. The van der Waals surface area contributed by atoms with Gasteiger partial charge in [-0.05, 0) is 19.1 Å². The van der Waals surface area contributed by atoms with E-state index in [-0.39, 0.29) is 17.4 Å². The van der Waals surface area contributed by atoms with E-state index < -0.39 is 0 Å². The molecule has 132 valence electrons. The van der Waals surface area contributed by atoms with Gasteiger partial charge in [0.2, 0.25) is 5.91 Å². The third-order valence-electron chi connectivity index (χ3n) is 4.03. The van der Waals surface area contributed by atoms with Crippen LogP contribution in [0.1, 0.15) is 5.56 Å². The van der Waals surface area contributed by atoms with Gasteiger partial charge in [0, 0.05) is 35.6 Å². The maximum Gasteiger partial charge on any atom is 0.257 e. The SMILES string of the molecule is Cc1cnc2n(c1=O)CC(C(=O)Nc1nc(-c3ccccn3)cs1)CS2. The Hall–Kier alpha value is -2.52. The van der Waals surface area contributed by atoms with E-state index in [0.29, 0.717) is 28.1 Å². The van der Waals surface area contributed by atoms with Crippen LogP contribution >= 0.6 is 23.1 Å². The fourth-order valence-electron chi connectivity index (χ4n) is 2.63. The van der Waals surface area contributed by atoms with Crippen LogP contribution in [0.3, 0.4) is 0 Å². The summed E-state index contributed by atoms with van der Waals surface area (Å²) < 4.78 is 1.58. The third-order valence-corrected chi connectivity index (χ3v) is 5.94. The lowest BCUT2D eigenvalue weighted by Gasteiger charge is -2.23. The lowest BCUT2D eigenvalue weighted by Crippen LogP contribution is -2.37. The molecule has 7 nitrogen and oxygen atoms in total. The normalized spacial score (nSPS) is 16.1. The summed E-state index contributed by atoms with van der Waals surface area (Å²) in [4.78, 5) is 37.8. The van der Waals surface area contributed by atoms with Crippen molar-refractivity contribution >= 4 is 34.1 Å². The molecule has 1 N–H and O–H groups in total. The highest BCUT2D eigenvalue weighted by Crippen LogP contribution is 2.27. The molecular weight excluding hydrogens is 370 g/mol. The van der Waals surface area contributed by atoms with Crippen molar-refractivity contribution in [2.45, 2.75) is 18.6 Å². The highest BCUT2D eigenvalue weighted by Gasteiger charge is 2.27. The number of nitrogens with one attached hydrogen (secondary N) is 1. The molecule has 0 fully saturated rings. The van der Waals surface area contributed by atoms with E-state index >= 15 is 0 Å². The number of carbonyl (C=O) groups is 1. The van der Waals surface area contributed by atoms with Crippen molar-refractivity contribution < 1.29 is 4.79 Å². The molecule has 3 aromatic heterocycles. The fraction of sp³-hybridized carbons (Fsp3) is 0.235. The molecule has 3 aromatic rings.